The smallest absolute Gasteiger partial charge is 0.310 e. The average Bonchev–Trinajstić information content (AvgIpc) is 2.45. The van der Waals surface area contributed by atoms with Gasteiger partial charge in [0.05, 0.1) is 28.4 Å². The highest BCUT2D eigenvalue weighted by atomic mass is 79.9. The Morgan fingerprint density at radius 1 is 1.25 bits per heavy atom. The van der Waals surface area contributed by atoms with Crippen molar-refractivity contribution >= 4 is 27.6 Å². The number of esters is 1. The minimum atomic E-state index is -0.191. The standard InChI is InChI=1S/C19H29BrN2O2/c1-12(2)24-16(23)11-15-13(3)21-14(4)17(20)18(15)22-9-7-19(5,6)8-10-22/h12H,7-11H2,1-6H3. The Labute approximate surface area is 154 Å². The number of hydrogen-bond donors (Lipinski definition) is 0. The van der Waals surface area contributed by atoms with E-state index in [-0.39, 0.29) is 18.5 Å². The predicted molar refractivity (Wildman–Crippen MR) is 102 cm³/mol. The number of aromatic nitrogens is 1. The van der Waals surface area contributed by atoms with Crippen LogP contribution in [0, 0.1) is 19.3 Å². The van der Waals surface area contributed by atoms with Gasteiger partial charge in [-0.3, -0.25) is 9.78 Å². The molecule has 0 N–H and O–H groups in total. The van der Waals surface area contributed by atoms with Crippen LogP contribution in [0.15, 0.2) is 4.47 Å². The minimum absolute atomic E-state index is 0.0982. The van der Waals surface area contributed by atoms with E-state index in [0.29, 0.717) is 5.41 Å². The normalized spacial score (nSPS) is 17.2. The number of hydrogen-bond acceptors (Lipinski definition) is 4. The van der Waals surface area contributed by atoms with E-state index in [0.717, 1.165) is 53.0 Å². The first kappa shape index (κ1) is 19.2. The number of piperidine rings is 1. The highest BCUT2D eigenvalue weighted by molar-refractivity contribution is 9.10. The number of carbonyl (C=O) groups excluding carboxylic acids is 1. The lowest BCUT2D eigenvalue weighted by Crippen LogP contribution is -2.38. The predicted octanol–water partition coefficient (Wildman–Crippen LogP) is 4.58. The molecule has 1 aromatic rings. The van der Waals surface area contributed by atoms with Gasteiger partial charge < -0.3 is 9.64 Å². The van der Waals surface area contributed by atoms with E-state index in [1.807, 2.05) is 27.7 Å². The molecule has 1 aromatic heterocycles. The molecule has 1 saturated heterocycles. The molecule has 0 saturated carbocycles. The number of aryl methyl sites for hydroxylation is 2. The molecule has 24 heavy (non-hydrogen) atoms. The third-order valence-electron chi connectivity index (χ3n) is 4.71. The number of ether oxygens (including phenoxy) is 1. The quantitative estimate of drug-likeness (QED) is 0.698. The zero-order chi connectivity index (χ0) is 18.1. The molecule has 0 bridgehead atoms. The van der Waals surface area contributed by atoms with E-state index in [1.54, 1.807) is 0 Å². The van der Waals surface area contributed by atoms with Gasteiger partial charge in [0, 0.05) is 24.3 Å². The summed E-state index contributed by atoms with van der Waals surface area (Å²) in [5, 5.41) is 0. The number of rotatable bonds is 4. The molecule has 0 atom stereocenters. The van der Waals surface area contributed by atoms with Gasteiger partial charge in [-0.1, -0.05) is 13.8 Å². The van der Waals surface area contributed by atoms with Crippen LogP contribution in [-0.2, 0) is 16.0 Å². The Morgan fingerprint density at radius 2 is 1.83 bits per heavy atom. The maximum atomic E-state index is 12.2. The van der Waals surface area contributed by atoms with E-state index in [2.05, 4.69) is 39.7 Å². The van der Waals surface area contributed by atoms with Crippen molar-refractivity contribution in [1.29, 1.82) is 0 Å². The molecule has 5 heteroatoms. The zero-order valence-electron chi connectivity index (χ0n) is 15.7. The first-order valence-corrected chi connectivity index (χ1v) is 9.50. The molecular formula is C19H29BrN2O2. The lowest BCUT2D eigenvalue weighted by molar-refractivity contribution is -0.146. The van der Waals surface area contributed by atoms with Gasteiger partial charge >= 0.3 is 5.97 Å². The van der Waals surface area contributed by atoms with Gasteiger partial charge in [-0.2, -0.15) is 0 Å². The molecule has 134 valence electrons. The van der Waals surface area contributed by atoms with E-state index >= 15 is 0 Å². The van der Waals surface area contributed by atoms with Crippen LogP contribution in [0.5, 0.6) is 0 Å². The minimum Gasteiger partial charge on any atom is -0.463 e. The Balaban J connectivity index is 2.36. The Hall–Kier alpha value is -1.10. The average molecular weight is 397 g/mol. The van der Waals surface area contributed by atoms with Gasteiger partial charge in [0.2, 0.25) is 0 Å². The van der Waals surface area contributed by atoms with Crippen LogP contribution in [0.3, 0.4) is 0 Å². The van der Waals surface area contributed by atoms with E-state index < -0.39 is 0 Å². The fraction of sp³-hybridized carbons (Fsp3) is 0.684. The monoisotopic (exact) mass is 396 g/mol. The molecule has 1 aliphatic heterocycles. The van der Waals surface area contributed by atoms with Crippen molar-refractivity contribution in [3.8, 4) is 0 Å². The fourth-order valence-corrected chi connectivity index (χ4v) is 3.75. The molecule has 0 aliphatic carbocycles. The van der Waals surface area contributed by atoms with Crippen LogP contribution in [0.4, 0.5) is 5.69 Å². The Kier molecular flexibility index (Phi) is 5.95. The van der Waals surface area contributed by atoms with Crippen LogP contribution in [0.1, 0.15) is 57.5 Å². The number of anilines is 1. The van der Waals surface area contributed by atoms with Gasteiger partial charge in [-0.05, 0) is 61.9 Å². The molecule has 0 aromatic carbocycles. The van der Waals surface area contributed by atoms with Crippen molar-refractivity contribution in [1.82, 2.24) is 4.98 Å². The Bertz CT molecular complexity index is 616. The van der Waals surface area contributed by atoms with Crippen molar-refractivity contribution in [3.63, 3.8) is 0 Å². The zero-order valence-corrected chi connectivity index (χ0v) is 17.3. The highest BCUT2D eigenvalue weighted by Gasteiger charge is 2.29. The largest absolute Gasteiger partial charge is 0.463 e. The molecule has 0 radical (unpaired) electrons. The molecule has 1 aliphatic rings. The molecular weight excluding hydrogens is 368 g/mol. The van der Waals surface area contributed by atoms with Crippen LogP contribution < -0.4 is 4.90 Å². The lowest BCUT2D eigenvalue weighted by atomic mass is 9.82. The molecule has 4 nitrogen and oxygen atoms in total. The van der Waals surface area contributed by atoms with Crippen molar-refractivity contribution in [2.45, 2.75) is 66.9 Å². The molecule has 0 unspecified atom stereocenters. The molecule has 0 spiro atoms. The van der Waals surface area contributed by atoms with Crippen LogP contribution in [0.2, 0.25) is 0 Å². The van der Waals surface area contributed by atoms with Gasteiger partial charge in [0.15, 0.2) is 0 Å². The number of pyridine rings is 1. The topological polar surface area (TPSA) is 42.4 Å². The maximum absolute atomic E-state index is 12.2. The van der Waals surface area contributed by atoms with Crippen molar-refractivity contribution in [2.75, 3.05) is 18.0 Å². The van der Waals surface area contributed by atoms with Crippen molar-refractivity contribution < 1.29 is 9.53 Å². The van der Waals surface area contributed by atoms with E-state index in [4.69, 9.17) is 4.74 Å². The number of nitrogens with zero attached hydrogens (tertiary/aromatic N) is 2. The summed E-state index contributed by atoms with van der Waals surface area (Å²) in [5.41, 5.74) is 4.37. The van der Waals surface area contributed by atoms with E-state index in [1.165, 1.54) is 0 Å². The third kappa shape index (κ3) is 4.50. The van der Waals surface area contributed by atoms with Crippen LogP contribution in [-0.4, -0.2) is 30.1 Å². The van der Waals surface area contributed by atoms with Gasteiger partial charge in [-0.15, -0.1) is 0 Å². The molecule has 2 rings (SSSR count). The summed E-state index contributed by atoms with van der Waals surface area (Å²) >= 11 is 3.71. The fourth-order valence-electron chi connectivity index (χ4n) is 3.17. The Morgan fingerprint density at radius 3 is 2.38 bits per heavy atom. The van der Waals surface area contributed by atoms with Crippen LogP contribution in [0.25, 0.3) is 0 Å². The summed E-state index contributed by atoms with van der Waals surface area (Å²) in [5.74, 6) is -0.191. The van der Waals surface area contributed by atoms with Gasteiger partial charge in [0.1, 0.15) is 0 Å². The van der Waals surface area contributed by atoms with Crippen molar-refractivity contribution in [2.24, 2.45) is 5.41 Å². The molecule has 1 fully saturated rings. The SMILES string of the molecule is Cc1nc(C)c(CC(=O)OC(C)C)c(N2CCC(C)(C)CC2)c1Br. The van der Waals surface area contributed by atoms with Gasteiger partial charge in [0.25, 0.3) is 0 Å². The number of halogens is 1. The second kappa shape index (κ2) is 7.42. The summed E-state index contributed by atoms with van der Waals surface area (Å²) in [6.45, 7) is 14.4. The summed E-state index contributed by atoms with van der Waals surface area (Å²) in [7, 11) is 0. The van der Waals surface area contributed by atoms with Crippen LogP contribution >= 0.6 is 15.9 Å². The second-order valence-electron chi connectivity index (χ2n) is 7.79. The van der Waals surface area contributed by atoms with Crippen molar-refractivity contribution in [3.05, 3.63) is 21.4 Å². The summed E-state index contributed by atoms with van der Waals surface area (Å²) in [4.78, 5) is 19.2. The first-order valence-electron chi connectivity index (χ1n) is 8.71. The maximum Gasteiger partial charge on any atom is 0.310 e. The summed E-state index contributed by atoms with van der Waals surface area (Å²) in [6.07, 6.45) is 2.47. The first-order chi connectivity index (χ1) is 11.1. The van der Waals surface area contributed by atoms with E-state index in [9.17, 15) is 4.79 Å². The highest BCUT2D eigenvalue weighted by Crippen LogP contribution is 2.39. The summed E-state index contributed by atoms with van der Waals surface area (Å²) < 4.78 is 6.35. The molecule has 2 heterocycles. The third-order valence-corrected chi connectivity index (χ3v) is 5.65. The molecule has 0 amide bonds. The van der Waals surface area contributed by atoms with Gasteiger partial charge in [-0.25, -0.2) is 0 Å². The second-order valence-corrected chi connectivity index (χ2v) is 8.58. The summed E-state index contributed by atoms with van der Waals surface area (Å²) in [6, 6.07) is 0. The lowest BCUT2D eigenvalue weighted by Gasteiger charge is -2.39. The number of carbonyl (C=O) groups is 1.